The Hall–Kier alpha value is -3.04. The Morgan fingerprint density at radius 2 is 2.10 bits per heavy atom. The van der Waals surface area contributed by atoms with E-state index in [0.29, 0.717) is 10.8 Å². The van der Waals surface area contributed by atoms with Crippen LogP contribution in [0.1, 0.15) is 37.0 Å². The molecule has 0 aliphatic carbocycles. The van der Waals surface area contributed by atoms with Crippen LogP contribution in [0.25, 0.3) is 10.8 Å². The molecule has 2 atom stereocenters. The lowest BCUT2D eigenvalue weighted by Crippen LogP contribution is -2.31. The van der Waals surface area contributed by atoms with Gasteiger partial charge in [-0.2, -0.15) is 13.2 Å². The molecule has 7 nitrogen and oxygen atoms in total. The zero-order chi connectivity index (χ0) is 22.1. The highest BCUT2D eigenvalue weighted by atomic mass is 19.4. The van der Waals surface area contributed by atoms with Gasteiger partial charge in [-0.3, -0.25) is 9.59 Å². The van der Waals surface area contributed by atoms with Gasteiger partial charge in [0.1, 0.15) is 12.4 Å². The molecule has 0 unspecified atom stereocenters. The quantitative estimate of drug-likeness (QED) is 0.710. The first-order valence-electron chi connectivity index (χ1n) is 9.42. The average Bonchev–Trinajstić information content (AvgIpc) is 2.96. The second kappa shape index (κ2) is 8.37. The van der Waals surface area contributed by atoms with Gasteiger partial charge in [-0.15, -0.1) is 0 Å². The number of amides is 2. The van der Waals surface area contributed by atoms with Crippen molar-refractivity contribution in [3.8, 4) is 11.6 Å². The number of rotatable bonds is 7. The molecule has 2 aromatic rings. The van der Waals surface area contributed by atoms with Crippen LogP contribution in [0.15, 0.2) is 24.4 Å². The van der Waals surface area contributed by atoms with Gasteiger partial charge in [-0.1, -0.05) is 0 Å². The van der Waals surface area contributed by atoms with Crippen molar-refractivity contribution in [2.45, 2.75) is 45.0 Å². The maximum Gasteiger partial charge on any atom is 0.389 e. The number of hydrogen-bond donors (Lipinski definition) is 2. The van der Waals surface area contributed by atoms with Crippen LogP contribution in [-0.2, 0) is 4.79 Å². The average molecular weight is 425 g/mol. The van der Waals surface area contributed by atoms with E-state index in [1.165, 1.54) is 6.20 Å². The fourth-order valence-corrected chi connectivity index (χ4v) is 3.41. The van der Waals surface area contributed by atoms with Gasteiger partial charge in [0.15, 0.2) is 0 Å². The fraction of sp³-hybridized carbons (Fsp3) is 0.450. The van der Waals surface area contributed by atoms with Crippen molar-refractivity contribution >= 4 is 22.6 Å². The molecule has 10 heteroatoms. The number of carbonyl (C=O) groups is 2. The highest BCUT2D eigenvalue weighted by Gasteiger charge is 2.40. The molecule has 0 radical (unpaired) electrons. The van der Waals surface area contributed by atoms with Gasteiger partial charge in [0, 0.05) is 17.5 Å². The lowest BCUT2D eigenvalue weighted by Gasteiger charge is -2.16. The Balaban J connectivity index is 1.80. The van der Waals surface area contributed by atoms with Gasteiger partial charge in [-0.25, -0.2) is 4.98 Å². The number of aromatic nitrogens is 1. The van der Waals surface area contributed by atoms with E-state index in [0.717, 1.165) is 0 Å². The number of pyridine rings is 1. The number of nitrogens with two attached hydrogens (primary N) is 1. The number of ether oxygens (including phenoxy) is 2. The Morgan fingerprint density at radius 1 is 1.37 bits per heavy atom. The SMILES string of the molecule is CC(C)Oc1cc2c(OC[C@@H]3C[C@H](CC(F)(F)F)C(=O)N3)nccc2cc1C(N)=O. The van der Waals surface area contributed by atoms with Crippen LogP contribution in [-0.4, -0.2) is 41.7 Å². The monoisotopic (exact) mass is 425 g/mol. The Labute approximate surface area is 170 Å². The van der Waals surface area contributed by atoms with E-state index >= 15 is 0 Å². The first kappa shape index (κ1) is 21.7. The van der Waals surface area contributed by atoms with Gasteiger partial charge in [0.25, 0.3) is 5.91 Å². The minimum atomic E-state index is -4.40. The second-order valence-electron chi connectivity index (χ2n) is 7.48. The summed E-state index contributed by atoms with van der Waals surface area (Å²) in [5.41, 5.74) is 5.66. The molecule has 1 saturated heterocycles. The van der Waals surface area contributed by atoms with Crippen molar-refractivity contribution in [1.29, 1.82) is 0 Å². The molecule has 1 aromatic heterocycles. The molecule has 1 fully saturated rings. The molecule has 162 valence electrons. The van der Waals surface area contributed by atoms with Gasteiger partial charge in [-0.05, 0) is 43.9 Å². The molecular formula is C20H22F3N3O4. The number of nitrogens with zero attached hydrogens (tertiary/aromatic N) is 1. The molecule has 1 aliphatic rings. The normalized spacial score (nSPS) is 19.2. The molecule has 3 rings (SSSR count). The van der Waals surface area contributed by atoms with E-state index in [1.807, 2.05) is 0 Å². The number of primary amides is 1. The lowest BCUT2D eigenvalue weighted by molar-refractivity contribution is -0.151. The summed E-state index contributed by atoms with van der Waals surface area (Å²) in [7, 11) is 0. The molecule has 2 heterocycles. The summed E-state index contributed by atoms with van der Waals surface area (Å²) >= 11 is 0. The summed E-state index contributed by atoms with van der Waals surface area (Å²) in [6.07, 6.45) is -4.27. The van der Waals surface area contributed by atoms with E-state index in [1.54, 1.807) is 32.0 Å². The van der Waals surface area contributed by atoms with E-state index in [-0.39, 0.29) is 36.3 Å². The minimum Gasteiger partial charge on any atom is -0.490 e. The molecule has 1 aliphatic heterocycles. The van der Waals surface area contributed by atoms with Crippen LogP contribution in [0.2, 0.25) is 0 Å². The van der Waals surface area contributed by atoms with Crippen LogP contribution in [0.3, 0.4) is 0 Å². The highest BCUT2D eigenvalue weighted by molar-refractivity contribution is 6.01. The number of carbonyl (C=O) groups excluding carboxylic acids is 2. The molecule has 30 heavy (non-hydrogen) atoms. The van der Waals surface area contributed by atoms with Crippen LogP contribution in [0.5, 0.6) is 11.6 Å². The zero-order valence-corrected chi connectivity index (χ0v) is 16.5. The molecule has 1 aromatic carbocycles. The summed E-state index contributed by atoms with van der Waals surface area (Å²) in [5, 5.41) is 3.71. The maximum absolute atomic E-state index is 12.6. The lowest BCUT2D eigenvalue weighted by atomic mass is 10.0. The summed E-state index contributed by atoms with van der Waals surface area (Å²) < 4.78 is 49.1. The summed E-state index contributed by atoms with van der Waals surface area (Å²) in [4.78, 5) is 27.7. The van der Waals surface area contributed by atoms with Crippen molar-refractivity contribution in [3.05, 3.63) is 30.0 Å². The predicted octanol–water partition coefficient (Wildman–Crippen LogP) is 2.96. The van der Waals surface area contributed by atoms with Crippen LogP contribution in [0.4, 0.5) is 13.2 Å². The number of nitrogens with one attached hydrogen (secondary N) is 1. The molecule has 2 amide bonds. The van der Waals surface area contributed by atoms with Gasteiger partial charge < -0.3 is 20.5 Å². The molecule has 0 bridgehead atoms. The summed E-state index contributed by atoms with van der Waals surface area (Å²) in [6, 6.07) is 4.28. The van der Waals surface area contributed by atoms with Crippen LogP contribution >= 0.6 is 0 Å². The number of fused-ring (bicyclic) bond motifs is 1. The largest absolute Gasteiger partial charge is 0.490 e. The van der Waals surface area contributed by atoms with Crippen LogP contribution < -0.4 is 20.5 Å². The van der Waals surface area contributed by atoms with Gasteiger partial charge in [0.2, 0.25) is 11.8 Å². The van der Waals surface area contributed by atoms with Gasteiger partial charge in [0.05, 0.1) is 24.1 Å². The Morgan fingerprint density at radius 3 is 2.73 bits per heavy atom. The van der Waals surface area contributed by atoms with E-state index in [4.69, 9.17) is 15.2 Å². The Bertz CT molecular complexity index is 962. The second-order valence-corrected chi connectivity index (χ2v) is 7.48. The van der Waals surface area contributed by atoms with Crippen molar-refractivity contribution < 1.29 is 32.2 Å². The number of alkyl halides is 3. The smallest absolute Gasteiger partial charge is 0.389 e. The predicted molar refractivity (Wildman–Crippen MR) is 102 cm³/mol. The highest BCUT2D eigenvalue weighted by Crippen LogP contribution is 2.33. The van der Waals surface area contributed by atoms with Gasteiger partial charge >= 0.3 is 6.18 Å². The third-order valence-corrected chi connectivity index (χ3v) is 4.64. The van der Waals surface area contributed by atoms with Crippen molar-refractivity contribution in [3.63, 3.8) is 0 Å². The molecule has 0 spiro atoms. The molecule has 0 saturated carbocycles. The van der Waals surface area contributed by atoms with Crippen molar-refractivity contribution in [2.24, 2.45) is 11.7 Å². The number of halogens is 3. The molecular weight excluding hydrogens is 403 g/mol. The van der Waals surface area contributed by atoms with E-state index in [9.17, 15) is 22.8 Å². The van der Waals surface area contributed by atoms with Crippen molar-refractivity contribution in [1.82, 2.24) is 10.3 Å². The summed E-state index contributed by atoms with van der Waals surface area (Å²) in [6.45, 7) is 3.57. The summed E-state index contributed by atoms with van der Waals surface area (Å²) in [5.74, 6) is -1.90. The topological polar surface area (TPSA) is 104 Å². The first-order chi connectivity index (χ1) is 14.0. The van der Waals surface area contributed by atoms with Crippen molar-refractivity contribution in [2.75, 3.05) is 6.61 Å². The minimum absolute atomic E-state index is 0.0244. The third-order valence-electron chi connectivity index (χ3n) is 4.64. The Kier molecular flexibility index (Phi) is 6.04. The zero-order valence-electron chi connectivity index (χ0n) is 16.5. The third kappa shape index (κ3) is 5.11. The number of benzene rings is 1. The fourth-order valence-electron chi connectivity index (χ4n) is 3.41. The van der Waals surface area contributed by atoms with Crippen LogP contribution in [0, 0.1) is 5.92 Å². The van der Waals surface area contributed by atoms with E-state index < -0.39 is 36.4 Å². The first-order valence-corrected chi connectivity index (χ1v) is 9.42. The van der Waals surface area contributed by atoms with E-state index in [2.05, 4.69) is 10.3 Å². The molecule has 3 N–H and O–H groups in total. The standard InChI is InChI=1S/C20H22F3N3O4/c1-10(2)30-16-7-14-11(6-15(16)17(24)27)3-4-25-19(14)29-9-13-5-12(18(28)26-13)8-20(21,22)23/h3-4,6-7,10,12-13H,5,8-9H2,1-2H3,(H2,24,27)(H,26,28)/t12-,13+/m1/s1. The maximum atomic E-state index is 12.6. The number of hydrogen-bond acceptors (Lipinski definition) is 5.